The van der Waals surface area contributed by atoms with Gasteiger partial charge in [0, 0.05) is 31.0 Å². The van der Waals surface area contributed by atoms with Gasteiger partial charge in [-0.3, -0.25) is 14.8 Å². The number of hydrogen-bond donors (Lipinski definition) is 0. The highest BCUT2D eigenvalue weighted by Crippen LogP contribution is 2.25. The van der Waals surface area contributed by atoms with Crippen LogP contribution in [0.1, 0.15) is 22.5 Å². The summed E-state index contributed by atoms with van der Waals surface area (Å²) >= 11 is 0. The monoisotopic (exact) mass is 410 g/mol. The van der Waals surface area contributed by atoms with Crippen molar-refractivity contribution in [3.8, 4) is 23.0 Å². The van der Waals surface area contributed by atoms with E-state index in [1.165, 1.54) is 0 Å². The van der Waals surface area contributed by atoms with Crippen LogP contribution in [0.25, 0.3) is 28.6 Å². The maximum Gasteiger partial charge on any atom is 0.268 e. The topological polar surface area (TPSA) is 97.9 Å². The molecule has 1 aromatic carbocycles. The van der Waals surface area contributed by atoms with Crippen molar-refractivity contribution >= 4 is 11.5 Å². The fraction of sp³-hybridized carbons (Fsp3) is 0.130. The van der Waals surface area contributed by atoms with Crippen LogP contribution in [0.5, 0.6) is 0 Å². The van der Waals surface area contributed by atoms with Gasteiger partial charge in [0.1, 0.15) is 5.69 Å². The van der Waals surface area contributed by atoms with Gasteiger partial charge in [0.2, 0.25) is 5.89 Å². The third kappa shape index (κ3) is 3.95. The van der Waals surface area contributed by atoms with Crippen molar-refractivity contribution in [3.05, 3.63) is 84.6 Å². The highest BCUT2D eigenvalue weighted by atomic mass is 16.4. The summed E-state index contributed by atoms with van der Waals surface area (Å²) in [7, 11) is 0. The molecular formula is C23H18N6O2. The van der Waals surface area contributed by atoms with Gasteiger partial charge in [-0.05, 0) is 36.3 Å². The average molecular weight is 410 g/mol. The molecule has 5 rings (SSSR count). The van der Waals surface area contributed by atoms with E-state index in [9.17, 15) is 4.79 Å². The van der Waals surface area contributed by atoms with Gasteiger partial charge in [-0.25, -0.2) is 4.98 Å². The maximum absolute atomic E-state index is 12.6. The zero-order valence-corrected chi connectivity index (χ0v) is 16.5. The number of carbonyl (C=O) groups excluding carboxylic acids is 1. The summed E-state index contributed by atoms with van der Waals surface area (Å²) in [6.45, 7) is 1.11. The van der Waals surface area contributed by atoms with Gasteiger partial charge in [0.15, 0.2) is 0 Å². The first-order chi connectivity index (χ1) is 15.3. The quantitative estimate of drug-likeness (QED) is 0.508. The van der Waals surface area contributed by atoms with E-state index in [1.807, 2.05) is 36.4 Å². The van der Waals surface area contributed by atoms with Crippen LogP contribution < -0.4 is 0 Å². The number of rotatable bonds is 4. The molecule has 0 saturated heterocycles. The molecule has 0 fully saturated rings. The van der Waals surface area contributed by atoms with Crippen LogP contribution >= 0.6 is 0 Å². The van der Waals surface area contributed by atoms with Crippen molar-refractivity contribution in [1.82, 2.24) is 30.0 Å². The summed E-state index contributed by atoms with van der Waals surface area (Å²) in [5, 5.41) is 8.24. The number of amides is 1. The van der Waals surface area contributed by atoms with Crippen LogP contribution in [0, 0.1) is 0 Å². The van der Waals surface area contributed by atoms with Gasteiger partial charge in [-0.1, -0.05) is 24.3 Å². The SMILES string of the molecule is O=C(c1cccnc1)N1CC=C(c2cncc(-c3nnc(-c4ccccc4)o3)n2)CC1. The Bertz CT molecular complexity index is 1240. The van der Waals surface area contributed by atoms with Gasteiger partial charge >= 0.3 is 0 Å². The Labute approximate surface area is 178 Å². The second kappa shape index (κ2) is 8.27. The van der Waals surface area contributed by atoms with E-state index in [2.05, 4.69) is 25.1 Å². The fourth-order valence-corrected chi connectivity index (χ4v) is 3.41. The lowest BCUT2D eigenvalue weighted by Gasteiger charge is -2.26. The summed E-state index contributed by atoms with van der Waals surface area (Å²) in [6, 6.07) is 13.1. The number of nitrogens with zero attached hydrogens (tertiary/aromatic N) is 6. The second-order valence-corrected chi connectivity index (χ2v) is 7.04. The van der Waals surface area contributed by atoms with Crippen LogP contribution in [0.3, 0.4) is 0 Å². The minimum atomic E-state index is -0.0254. The number of pyridine rings is 1. The van der Waals surface area contributed by atoms with E-state index >= 15 is 0 Å². The minimum absolute atomic E-state index is 0.0254. The van der Waals surface area contributed by atoms with E-state index in [0.717, 1.165) is 16.8 Å². The van der Waals surface area contributed by atoms with Gasteiger partial charge in [0.05, 0.1) is 23.7 Å². The molecule has 0 aliphatic carbocycles. The third-order valence-corrected chi connectivity index (χ3v) is 5.03. The highest BCUT2D eigenvalue weighted by molar-refractivity contribution is 5.94. The number of carbonyl (C=O) groups is 1. The second-order valence-electron chi connectivity index (χ2n) is 7.04. The van der Waals surface area contributed by atoms with E-state index < -0.39 is 0 Å². The Morgan fingerprint density at radius 2 is 1.74 bits per heavy atom. The van der Waals surface area contributed by atoms with Crippen molar-refractivity contribution in [3.63, 3.8) is 0 Å². The van der Waals surface area contributed by atoms with Crippen molar-refractivity contribution in [2.24, 2.45) is 0 Å². The molecule has 31 heavy (non-hydrogen) atoms. The molecule has 0 spiro atoms. The fourth-order valence-electron chi connectivity index (χ4n) is 3.41. The molecule has 4 aromatic rings. The molecule has 3 aromatic heterocycles. The summed E-state index contributed by atoms with van der Waals surface area (Å²) in [5.74, 6) is 0.727. The van der Waals surface area contributed by atoms with Crippen molar-refractivity contribution < 1.29 is 9.21 Å². The molecule has 4 heterocycles. The molecule has 0 atom stereocenters. The minimum Gasteiger partial charge on any atom is -0.415 e. The molecule has 8 heteroatoms. The summed E-state index contributed by atoms with van der Waals surface area (Å²) in [6.07, 6.45) is 9.25. The predicted octanol–water partition coefficient (Wildman–Crippen LogP) is 3.52. The lowest BCUT2D eigenvalue weighted by Crippen LogP contribution is -2.34. The molecule has 0 bridgehead atoms. The molecule has 8 nitrogen and oxygen atoms in total. The third-order valence-electron chi connectivity index (χ3n) is 5.03. The predicted molar refractivity (Wildman–Crippen MR) is 113 cm³/mol. The van der Waals surface area contributed by atoms with Gasteiger partial charge < -0.3 is 9.32 Å². The number of hydrogen-bond acceptors (Lipinski definition) is 7. The van der Waals surface area contributed by atoms with Gasteiger partial charge in [-0.15, -0.1) is 10.2 Å². The van der Waals surface area contributed by atoms with E-state index in [4.69, 9.17) is 4.42 Å². The lowest BCUT2D eigenvalue weighted by atomic mass is 10.0. The van der Waals surface area contributed by atoms with Crippen molar-refractivity contribution in [1.29, 1.82) is 0 Å². The number of aromatic nitrogens is 5. The Morgan fingerprint density at radius 1 is 0.903 bits per heavy atom. The molecule has 1 amide bonds. The average Bonchev–Trinajstić information content (AvgIpc) is 3.35. The molecule has 0 unspecified atom stereocenters. The van der Waals surface area contributed by atoms with Crippen LogP contribution in [-0.4, -0.2) is 49.0 Å². The standard InChI is InChI=1S/C23H18N6O2/c30-23(18-7-4-10-24-13-18)29-11-8-16(9-12-29)19-14-25-15-20(26-19)22-28-27-21(31-22)17-5-2-1-3-6-17/h1-8,10,13-15H,9,11-12H2. The molecule has 0 radical (unpaired) electrons. The number of benzene rings is 1. The molecule has 0 saturated carbocycles. The van der Waals surface area contributed by atoms with Gasteiger partial charge in [-0.2, -0.15) is 0 Å². The molecular weight excluding hydrogens is 392 g/mol. The van der Waals surface area contributed by atoms with Crippen LogP contribution in [-0.2, 0) is 0 Å². The summed E-state index contributed by atoms with van der Waals surface area (Å²) < 4.78 is 5.79. The van der Waals surface area contributed by atoms with E-state index in [0.29, 0.717) is 42.5 Å². The van der Waals surface area contributed by atoms with Crippen molar-refractivity contribution in [2.45, 2.75) is 6.42 Å². The van der Waals surface area contributed by atoms with Crippen molar-refractivity contribution in [2.75, 3.05) is 13.1 Å². The maximum atomic E-state index is 12.6. The molecule has 152 valence electrons. The first-order valence-corrected chi connectivity index (χ1v) is 9.88. The Kier molecular flexibility index (Phi) is 5.02. The Hall–Kier alpha value is -4.20. The lowest BCUT2D eigenvalue weighted by molar-refractivity contribution is 0.0772. The molecule has 0 N–H and O–H groups in total. The van der Waals surface area contributed by atoms with E-state index in [1.54, 1.807) is 41.8 Å². The highest BCUT2D eigenvalue weighted by Gasteiger charge is 2.21. The summed E-state index contributed by atoms with van der Waals surface area (Å²) in [4.78, 5) is 27.4. The normalized spacial score (nSPS) is 13.7. The summed E-state index contributed by atoms with van der Waals surface area (Å²) in [5.41, 5.74) is 3.73. The van der Waals surface area contributed by atoms with E-state index in [-0.39, 0.29) is 5.91 Å². The van der Waals surface area contributed by atoms with Crippen LogP contribution in [0.2, 0.25) is 0 Å². The smallest absolute Gasteiger partial charge is 0.268 e. The largest absolute Gasteiger partial charge is 0.415 e. The first-order valence-electron chi connectivity index (χ1n) is 9.88. The Morgan fingerprint density at radius 3 is 2.52 bits per heavy atom. The van der Waals surface area contributed by atoms with Crippen LogP contribution in [0.15, 0.2) is 77.7 Å². The molecule has 1 aliphatic heterocycles. The zero-order chi connectivity index (χ0) is 21.0. The first kappa shape index (κ1) is 18.8. The Balaban J connectivity index is 1.34. The van der Waals surface area contributed by atoms with Gasteiger partial charge in [0.25, 0.3) is 11.8 Å². The zero-order valence-electron chi connectivity index (χ0n) is 16.5. The molecule has 1 aliphatic rings. The van der Waals surface area contributed by atoms with Crippen LogP contribution in [0.4, 0.5) is 0 Å².